The van der Waals surface area contributed by atoms with Crippen molar-refractivity contribution in [2.24, 2.45) is 0 Å². The van der Waals surface area contributed by atoms with Crippen molar-refractivity contribution in [3.05, 3.63) is 63.1 Å². The maximum absolute atomic E-state index is 12.8. The molecule has 7 heteroatoms. The third-order valence-corrected chi connectivity index (χ3v) is 5.27. The minimum absolute atomic E-state index is 0.0238. The Morgan fingerprint density at radius 2 is 2.07 bits per heavy atom. The molecule has 1 atom stereocenters. The lowest BCUT2D eigenvalue weighted by molar-refractivity contribution is 0.0934. The van der Waals surface area contributed by atoms with E-state index < -0.39 is 0 Å². The number of nitrogens with one attached hydrogen (secondary N) is 1. The summed E-state index contributed by atoms with van der Waals surface area (Å²) in [5, 5.41) is 5.82. The summed E-state index contributed by atoms with van der Waals surface area (Å²) in [6.45, 7) is 5.78. The molecule has 1 amide bonds. The van der Waals surface area contributed by atoms with Crippen LogP contribution in [0.3, 0.4) is 0 Å². The maximum atomic E-state index is 12.8. The lowest BCUT2D eigenvalue weighted by Crippen LogP contribution is -2.27. The zero-order valence-electron chi connectivity index (χ0n) is 15.3. The molecule has 1 aromatic carbocycles. The van der Waals surface area contributed by atoms with Crippen molar-refractivity contribution in [1.29, 1.82) is 0 Å². The first-order valence-electron chi connectivity index (χ1n) is 8.57. The molecule has 1 N–H and O–H groups in total. The number of aromatic nitrogens is 2. The standard InChI is InChI=1S/C20H20BrN3O2S/c1-12(2)26-18-9-15(21)6-7-16(18)19(25)23-13(3)20-24-17(11-27-20)14-5-4-8-22-10-14/h4-13H,1-3H3,(H,23,25). The molecule has 0 aliphatic carbocycles. The second-order valence-corrected chi connectivity index (χ2v) is 8.12. The number of benzene rings is 1. The van der Waals surface area contributed by atoms with Crippen LogP contribution in [0, 0.1) is 0 Å². The van der Waals surface area contributed by atoms with Crippen molar-refractivity contribution in [1.82, 2.24) is 15.3 Å². The average molecular weight is 446 g/mol. The monoisotopic (exact) mass is 445 g/mol. The van der Waals surface area contributed by atoms with E-state index >= 15 is 0 Å². The summed E-state index contributed by atoms with van der Waals surface area (Å²) in [4.78, 5) is 21.5. The number of pyridine rings is 1. The van der Waals surface area contributed by atoms with Crippen molar-refractivity contribution in [2.75, 3.05) is 0 Å². The van der Waals surface area contributed by atoms with Gasteiger partial charge in [0, 0.05) is 27.8 Å². The fraction of sp³-hybridized carbons (Fsp3) is 0.250. The topological polar surface area (TPSA) is 64.1 Å². The van der Waals surface area contributed by atoms with Crippen LogP contribution in [0.2, 0.25) is 0 Å². The van der Waals surface area contributed by atoms with Crippen LogP contribution in [0.15, 0.2) is 52.6 Å². The lowest BCUT2D eigenvalue weighted by atomic mass is 10.1. The normalized spacial score (nSPS) is 12.0. The van der Waals surface area contributed by atoms with Gasteiger partial charge in [-0.1, -0.05) is 15.9 Å². The van der Waals surface area contributed by atoms with E-state index in [1.54, 1.807) is 18.5 Å². The zero-order valence-corrected chi connectivity index (χ0v) is 17.7. The first-order valence-corrected chi connectivity index (χ1v) is 10.2. The van der Waals surface area contributed by atoms with E-state index in [0.717, 1.165) is 20.7 Å². The van der Waals surface area contributed by atoms with Gasteiger partial charge in [0.1, 0.15) is 10.8 Å². The van der Waals surface area contributed by atoms with Gasteiger partial charge < -0.3 is 10.1 Å². The highest BCUT2D eigenvalue weighted by Crippen LogP contribution is 2.27. The van der Waals surface area contributed by atoms with Gasteiger partial charge in [0.25, 0.3) is 5.91 Å². The maximum Gasteiger partial charge on any atom is 0.255 e. The van der Waals surface area contributed by atoms with Gasteiger partial charge in [-0.25, -0.2) is 4.98 Å². The highest BCUT2D eigenvalue weighted by molar-refractivity contribution is 9.10. The van der Waals surface area contributed by atoms with E-state index in [1.807, 2.05) is 50.4 Å². The molecule has 0 aliphatic heterocycles. The van der Waals surface area contributed by atoms with Gasteiger partial charge in [-0.15, -0.1) is 11.3 Å². The van der Waals surface area contributed by atoms with Crippen LogP contribution in [0.5, 0.6) is 5.75 Å². The number of hydrogen-bond acceptors (Lipinski definition) is 5. The quantitative estimate of drug-likeness (QED) is 0.562. The zero-order chi connectivity index (χ0) is 19.4. The van der Waals surface area contributed by atoms with Gasteiger partial charge in [-0.3, -0.25) is 9.78 Å². The molecule has 0 spiro atoms. The van der Waals surface area contributed by atoms with E-state index in [4.69, 9.17) is 4.74 Å². The summed E-state index contributed by atoms with van der Waals surface area (Å²) in [5.74, 6) is 0.364. The van der Waals surface area contributed by atoms with Crippen LogP contribution < -0.4 is 10.1 Å². The van der Waals surface area contributed by atoms with Gasteiger partial charge >= 0.3 is 0 Å². The van der Waals surface area contributed by atoms with Crippen molar-refractivity contribution in [3.8, 4) is 17.0 Å². The van der Waals surface area contributed by atoms with Gasteiger partial charge in [0.05, 0.1) is 23.4 Å². The summed E-state index contributed by atoms with van der Waals surface area (Å²) in [5.41, 5.74) is 2.32. The minimum Gasteiger partial charge on any atom is -0.490 e. The molecular weight excluding hydrogens is 426 g/mol. The number of carbonyl (C=O) groups excluding carboxylic acids is 1. The summed E-state index contributed by atoms with van der Waals surface area (Å²) < 4.78 is 6.65. The summed E-state index contributed by atoms with van der Waals surface area (Å²) in [6, 6.07) is 9.02. The Morgan fingerprint density at radius 1 is 1.26 bits per heavy atom. The molecule has 0 aliphatic rings. The number of amides is 1. The Kier molecular flexibility index (Phi) is 6.23. The molecule has 5 nitrogen and oxygen atoms in total. The number of ether oxygens (including phenoxy) is 1. The van der Waals surface area contributed by atoms with Crippen LogP contribution in [0.1, 0.15) is 42.2 Å². The van der Waals surface area contributed by atoms with Crippen molar-refractivity contribution in [3.63, 3.8) is 0 Å². The molecule has 3 aromatic rings. The van der Waals surface area contributed by atoms with Crippen LogP contribution in [-0.2, 0) is 0 Å². The van der Waals surface area contributed by atoms with E-state index in [0.29, 0.717) is 11.3 Å². The summed E-state index contributed by atoms with van der Waals surface area (Å²) in [6.07, 6.45) is 3.48. The second-order valence-electron chi connectivity index (χ2n) is 6.31. The second kappa shape index (κ2) is 8.63. The van der Waals surface area contributed by atoms with Gasteiger partial charge in [0.15, 0.2) is 0 Å². The van der Waals surface area contributed by atoms with E-state index in [9.17, 15) is 4.79 Å². The molecule has 0 saturated heterocycles. The third kappa shape index (κ3) is 4.93. The molecule has 3 rings (SSSR count). The number of hydrogen-bond donors (Lipinski definition) is 1. The van der Waals surface area contributed by atoms with Crippen LogP contribution in [0.4, 0.5) is 0 Å². The Morgan fingerprint density at radius 3 is 2.78 bits per heavy atom. The molecule has 0 bridgehead atoms. The van der Waals surface area contributed by atoms with Gasteiger partial charge in [-0.2, -0.15) is 0 Å². The lowest BCUT2D eigenvalue weighted by Gasteiger charge is -2.16. The van der Waals surface area contributed by atoms with Crippen molar-refractivity contribution >= 4 is 33.2 Å². The fourth-order valence-corrected chi connectivity index (χ4v) is 3.68. The SMILES string of the molecule is CC(C)Oc1cc(Br)ccc1C(=O)NC(C)c1nc(-c2cccnc2)cs1. The smallest absolute Gasteiger partial charge is 0.255 e. The van der Waals surface area contributed by atoms with Gasteiger partial charge in [0.2, 0.25) is 0 Å². The Hall–Kier alpha value is -2.25. The number of rotatable bonds is 6. The molecule has 0 radical (unpaired) electrons. The molecule has 2 heterocycles. The Balaban J connectivity index is 1.76. The molecule has 27 heavy (non-hydrogen) atoms. The highest BCUT2D eigenvalue weighted by atomic mass is 79.9. The summed E-state index contributed by atoms with van der Waals surface area (Å²) >= 11 is 4.94. The van der Waals surface area contributed by atoms with Gasteiger partial charge in [-0.05, 0) is 51.1 Å². The van der Waals surface area contributed by atoms with Crippen LogP contribution >= 0.6 is 27.3 Å². The Labute approximate surface area is 171 Å². The van der Waals surface area contributed by atoms with Crippen LogP contribution in [0.25, 0.3) is 11.3 Å². The molecule has 2 aromatic heterocycles. The largest absolute Gasteiger partial charge is 0.490 e. The number of nitrogens with zero attached hydrogens (tertiary/aromatic N) is 2. The number of carbonyl (C=O) groups is 1. The third-order valence-electron chi connectivity index (χ3n) is 3.75. The molecular formula is C20H20BrN3O2S. The highest BCUT2D eigenvalue weighted by Gasteiger charge is 2.19. The molecule has 0 saturated carbocycles. The molecule has 0 fully saturated rings. The van der Waals surface area contributed by atoms with E-state index in [1.165, 1.54) is 11.3 Å². The summed E-state index contributed by atoms with van der Waals surface area (Å²) in [7, 11) is 0. The van der Waals surface area contributed by atoms with E-state index in [-0.39, 0.29) is 18.1 Å². The number of thiazole rings is 1. The molecule has 140 valence electrons. The Bertz CT molecular complexity index is 928. The molecule has 1 unspecified atom stereocenters. The average Bonchev–Trinajstić information content (AvgIpc) is 3.12. The van der Waals surface area contributed by atoms with Crippen molar-refractivity contribution < 1.29 is 9.53 Å². The first kappa shape index (κ1) is 19.5. The fourth-order valence-electron chi connectivity index (χ4n) is 2.50. The minimum atomic E-state index is -0.219. The first-order chi connectivity index (χ1) is 12.9. The number of halogens is 1. The predicted octanol–water partition coefficient (Wildman–Crippen LogP) is 5.25. The van der Waals surface area contributed by atoms with Crippen LogP contribution in [-0.4, -0.2) is 22.0 Å². The van der Waals surface area contributed by atoms with E-state index in [2.05, 4.69) is 31.2 Å². The predicted molar refractivity (Wildman–Crippen MR) is 111 cm³/mol. The van der Waals surface area contributed by atoms with Crippen molar-refractivity contribution in [2.45, 2.75) is 32.9 Å².